The molecule has 0 atom stereocenters. The van der Waals surface area contributed by atoms with Crippen LogP contribution >= 0.6 is 15.9 Å². The van der Waals surface area contributed by atoms with Gasteiger partial charge in [0.2, 0.25) is 0 Å². The normalized spacial score (nSPS) is 14.1. The van der Waals surface area contributed by atoms with Crippen molar-refractivity contribution in [3.63, 3.8) is 0 Å². The lowest BCUT2D eigenvalue weighted by atomic mass is 10.2. The molecule has 26 heavy (non-hydrogen) atoms. The first-order valence-electron chi connectivity index (χ1n) is 9.24. The summed E-state index contributed by atoms with van der Waals surface area (Å²) in [6, 6.07) is 18.0. The molecule has 2 aromatic rings. The Labute approximate surface area is 163 Å². The average molecular weight is 417 g/mol. The van der Waals surface area contributed by atoms with Crippen LogP contribution in [0.4, 0.5) is 10.5 Å². The molecule has 1 aliphatic rings. The Morgan fingerprint density at radius 3 is 2.38 bits per heavy atom. The van der Waals surface area contributed by atoms with E-state index in [1.165, 1.54) is 0 Å². The van der Waals surface area contributed by atoms with Crippen LogP contribution < -0.4 is 9.64 Å². The Morgan fingerprint density at radius 1 is 0.885 bits per heavy atom. The van der Waals surface area contributed by atoms with E-state index in [4.69, 9.17) is 4.74 Å². The van der Waals surface area contributed by atoms with Crippen molar-refractivity contribution in [3.8, 4) is 5.75 Å². The van der Waals surface area contributed by atoms with Gasteiger partial charge in [-0.1, -0.05) is 47.0 Å². The zero-order chi connectivity index (χ0) is 18.2. The highest BCUT2D eigenvalue weighted by Crippen LogP contribution is 2.20. The fourth-order valence-corrected chi connectivity index (χ4v) is 3.38. The van der Waals surface area contributed by atoms with E-state index in [1.807, 2.05) is 64.4 Å². The van der Waals surface area contributed by atoms with Crippen molar-refractivity contribution >= 4 is 27.6 Å². The monoisotopic (exact) mass is 416 g/mol. The Bertz CT molecular complexity index is 691. The van der Waals surface area contributed by atoms with Gasteiger partial charge in [-0.25, -0.2) is 4.79 Å². The van der Waals surface area contributed by atoms with Gasteiger partial charge in [-0.2, -0.15) is 0 Å². The van der Waals surface area contributed by atoms with Gasteiger partial charge in [0.05, 0.1) is 6.61 Å². The molecule has 3 rings (SSSR count). The quantitative estimate of drug-likeness (QED) is 0.517. The molecule has 4 nitrogen and oxygen atoms in total. The van der Waals surface area contributed by atoms with E-state index < -0.39 is 0 Å². The van der Waals surface area contributed by atoms with Crippen LogP contribution in [-0.4, -0.2) is 37.2 Å². The molecule has 1 fully saturated rings. The molecule has 2 aromatic carbocycles. The highest BCUT2D eigenvalue weighted by atomic mass is 79.9. The lowest BCUT2D eigenvalue weighted by molar-refractivity contribution is 0.219. The van der Waals surface area contributed by atoms with E-state index in [0.717, 1.165) is 67.8 Å². The molecular weight excluding hydrogens is 392 g/mol. The summed E-state index contributed by atoms with van der Waals surface area (Å²) in [5, 5.41) is 0. The zero-order valence-corrected chi connectivity index (χ0v) is 16.5. The number of carbonyl (C=O) groups excluding carboxylic acids is 1. The summed E-state index contributed by atoms with van der Waals surface area (Å²) >= 11 is 3.42. The highest BCUT2D eigenvalue weighted by Gasteiger charge is 2.28. The van der Waals surface area contributed by atoms with Crippen molar-refractivity contribution in [1.82, 2.24) is 4.90 Å². The number of nitrogens with zero attached hydrogens (tertiary/aromatic N) is 2. The van der Waals surface area contributed by atoms with E-state index in [1.54, 1.807) is 0 Å². The molecule has 1 aliphatic heterocycles. The van der Waals surface area contributed by atoms with E-state index in [0.29, 0.717) is 0 Å². The first-order valence-corrected chi connectivity index (χ1v) is 10.0. The smallest absolute Gasteiger partial charge is 0.324 e. The van der Waals surface area contributed by atoms with Crippen LogP contribution in [0, 0.1) is 0 Å². The summed E-state index contributed by atoms with van der Waals surface area (Å²) in [4.78, 5) is 16.3. The molecule has 138 valence electrons. The van der Waals surface area contributed by atoms with Gasteiger partial charge in [0, 0.05) is 29.8 Å². The Kier molecular flexibility index (Phi) is 6.95. The number of para-hydroxylation sites is 1. The summed E-state index contributed by atoms with van der Waals surface area (Å²) < 4.78 is 6.79. The van der Waals surface area contributed by atoms with Gasteiger partial charge >= 0.3 is 6.03 Å². The number of amides is 2. The van der Waals surface area contributed by atoms with Crippen molar-refractivity contribution in [2.75, 3.05) is 31.1 Å². The Balaban J connectivity index is 1.28. The molecule has 0 bridgehead atoms. The van der Waals surface area contributed by atoms with Gasteiger partial charge in [-0.3, -0.25) is 4.90 Å². The molecule has 0 spiro atoms. The fraction of sp³-hybridized carbons (Fsp3) is 0.381. The molecule has 0 radical (unpaired) electrons. The van der Waals surface area contributed by atoms with Crippen LogP contribution in [0.15, 0.2) is 59.1 Å². The maximum Gasteiger partial charge on any atom is 0.324 e. The van der Waals surface area contributed by atoms with Crippen molar-refractivity contribution in [2.24, 2.45) is 0 Å². The largest absolute Gasteiger partial charge is 0.494 e. The predicted molar refractivity (Wildman–Crippen MR) is 109 cm³/mol. The van der Waals surface area contributed by atoms with Gasteiger partial charge < -0.3 is 9.64 Å². The van der Waals surface area contributed by atoms with Gasteiger partial charge in [0.15, 0.2) is 0 Å². The maximum atomic E-state index is 12.5. The number of halogens is 1. The van der Waals surface area contributed by atoms with Crippen molar-refractivity contribution in [3.05, 3.63) is 59.1 Å². The topological polar surface area (TPSA) is 32.8 Å². The average Bonchev–Trinajstić information content (AvgIpc) is 3.04. The third-order valence-corrected chi connectivity index (χ3v) is 5.10. The fourth-order valence-electron chi connectivity index (χ4n) is 3.12. The summed E-state index contributed by atoms with van der Waals surface area (Å²) in [5.74, 6) is 0.914. The van der Waals surface area contributed by atoms with Crippen LogP contribution in [0.3, 0.4) is 0 Å². The maximum absolute atomic E-state index is 12.5. The first kappa shape index (κ1) is 18.8. The van der Waals surface area contributed by atoms with Crippen LogP contribution in [-0.2, 0) is 0 Å². The molecule has 0 aliphatic carbocycles. The third-order valence-electron chi connectivity index (χ3n) is 4.57. The summed E-state index contributed by atoms with van der Waals surface area (Å²) in [6.45, 7) is 3.19. The second-order valence-corrected chi connectivity index (χ2v) is 7.39. The molecule has 0 saturated carbocycles. The van der Waals surface area contributed by atoms with E-state index in [2.05, 4.69) is 15.9 Å². The van der Waals surface area contributed by atoms with Crippen molar-refractivity contribution in [2.45, 2.75) is 25.7 Å². The summed E-state index contributed by atoms with van der Waals surface area (Å²) in [7, 11) is 0. The SMILES string of the molecule is O=C1N(CCCCCCOc2ccc(Br)cc2)CCN1c1ccccc1. The number of hydrogen-bond acceptors (Lipinski definition) is 2. The zero-order valence-electron chi connectivity index (χ0n) is 14.9. The van der Waals surface area contributed by atoms with E-state index >= 15 is 0 Å². The lowest BCUT2D eigenvalue weighted by Gasteiger charge is -2.18. The predicted octanol–water partition coefficient (Wildman–Crippen LogP) is 5.33. The number of urea groups is 1. The second kappa shape index (κ2) is 9.62. The number of anilines is 1. The number of benzene rings is 2. The first-order chi connectivity index (χ1) is 12.7. The van der Waals surface area contributed by atoms with Crippen LogP contribution in [0.25, 0.3) is 0 Å². The summed E-state index contributed by atoms with van der Waals surface area (Å²) in [6.07, 6.45) is 4.34. The van der Waals surface area contributed by atoms with Crippen molar-refractivity contribution in [1.29, 1.82) is 0 Å². The standard InChI is InChI=1S/C21H25BrN2O2/c22-18-10-12-20(13-11-18)26-17-7-2-1-6-14-23-15-16-24(21(23)25)19-8-4-3-5-9-19/h3-5,8-13H,1-2,6-7,14-17H2. The van der Waals surface area contributed by atoms with Gasteiger partial charge in [0.25, 0.3) is 0 Å². The molecule has 5 heteroatoms. The number of carbonyl (C=O) groups is 1. The third kappa shape index (κ3) is 5.24. The van der Waals surface area contributed by atoms with Gasteiger partial charge in [-0.05, 0) is 49.2 Å². The summed E-state index contributed by atoms with van der Waals surface area (Å²) in [5.41, 5.74) is 0.991. The number of rotatable bonds is 9. The number of unbranched alkanes of at least 4 members (excludes halogenated alkanes) is 3. The van der Waals surface area contributed by atoms with Crippen molar-refractivity contribution < 1.29 is 9.53 Å². The molecule has 0 aromatic heterocycles. The Hall–Kier alpha value is -2.01. The molecule has 1 saturated heterocycles. The Morgan fingerprint density at radius 2 is 1.62 bits per heavy atom. The molecular formula is C21H25BrN2O2. The minimum Gasteiger partial charge on any atom is -0.494 e. The van der Waals surface area contributed by atoms with E-state index in [9.17, 15) is 4.79 Å². The number of ether oxygens (including phenoxy) is 1. The molecule has 0 N–H and O–H groups in total. The van der Waals surface area contributed by atoms with Gasteiger partial charge in [0.1, 0.15) is 5.75 Å². The molecule has 2 amide bonds. The number of hydrogen-bond donors (Lipinski definition) is 0. The highest BCUT2D eigenvalue weighted by molar-refractivity contribution is 9.10. The van der Waals surface area contributed by atoms with Crippen LogP contribution in [0.5, 0.6) is 5.75 Å². The minimum absolute atomic E-state index is 0.134. The van der Waals surface area contributed by atoms with Gasteiger partial charge in [-0.15, -0.1) is 0 Å². The lowest BCUT2D eigenvalue weighted by Crippen LogP contribution is -2.32. The van der Waals surface area contributed by atoms with Crippen LogP contribution in [0.2, 0.25) is 0 Å². The molecule has 0 unspecified atom stereocenters. The molecule has 1 heterocycles. The van der Waals surface area contributed by atoms with Crippen LogP contribution in [0.1, 0.15) is 25.7 Å². The minimum atomic E-state index is 0.134. The second-order valence-electron chi connectivity index (χ2n) is 6.47. The van der Waals surface area contributed by atoms with E-state index in [-0.39, 0.29) is 6.03 Å².